The van der Waals surface area contributed by atoms with E-state index >= 15 is 0 Å². The lowest BCUT2D eigenvalue weighted by Gasteiger charge is -2.26. The van der Waals surface area contributed by atoms with E-state index in [0.717, 1.165) is 44.9 Å². The minimum Gasteiger partial charge on any atom is -0.398 e. The smallest absolute Gasteiger partial charge is 0.339 e. The Morgan fingerprint density at radius 2 is 1.53 bits per heavy atom. The number of nitrogens with zero attached hydrogens (tertiary/aromatic N) is 1. The summed E-state index contributed by atoms with van der Waals surface area (Å²) in [5.74, 6) is 0. The lowest BCUT2D eigenvalue weighted by Crippen LogP contribution is -2.40. The van der Waals surface area contributed by atoms with Gasteiger partial charge in [-0.2, -0.15) is 0 Å². The zero-order valence-electron chi connectivity index (χ0n) is 12.1. The Morgan fingerprint density at radius 1 is 0.941 bits per heavy atom. The molecule has 0 atom stereocenters. The van der Waals surface area contributed by atoms with Gasteiger partial charge < -0.3 is 18.5 Å². The normalized spacial score (nSPS) is 12.4. The quantitative estimate of drug-likeness (QED) is 0.422. The van der Waals surface area contributed by atoms with Crippen molar-refractivity contribution in [2.75, 3.05) is 47.1 Å². The van der Waals surface area contributed by atoms with E-state index in [1.54, 1.807) is 14.2 Å². The molecule has 4 nitrogen and oxygen atoms in total. The van der Waals surface area contributed by atoms with Crippen LogP contribution in [0.15, 0.2) is 0 Å². The largest absolute Gasteiger partial charge is 0.398 e. The van der Waals surface area contributed by atoms with Crippen LogP contribution in [0.1, 0.15) is 20.8 Å². The molecule has 0 aliphatic rings. The Labute approximate surface area is 107 Å². The van der Waals surface area contributed by atoms with Crippen molar-refractivity contribution in [3.63, 3.8) is 0 Å². The standard InChI is InChI=1S/C12H29NO3Si/c1-6-13(7-2)9-10-16-11-12-17(8-3,14-4)15-5/h6-12H2,1-5H3. The maximum absolute atomic E-state index is 5.66. The first-order chi connectivity index (χ1) is 8.17. The highest BCUT2D eigenvalue weighted by molar-refractivity contribution is 6.67. The van der Waals surface area contributed by atoms with Crippen LogP contribution in [0.3, 0.4) is 0 Å². The Kier molecular flexibility index (Phi) is 10.1. The van der Waals surface area contributed by atoms with Crippen LogP contribution >= 0.6 is 0 Å². The molecule has 0 saturated carbocycles. The summed E-state index contributed by atoms with van der Waals surface area (Å²) in [4.78, 5) is 2.36. The lowest BCUT2D eigenvalue weighted by atomic mass is 10.5. The molecular weight excluding hydrogens is 234 g/mol. The van der Waals surface area contributed by atoms with E-state index in [1.807, 2.05) is 0 Å². The Balaban J connectivity index is 3.68. The molecule has 5 heteroatoms. The SMILES string of the molecule is CCN(CC)CCOCC[Si](CC)(OC)OC. The van der Waals surface area contributed by atoms with Crippen LogP contribution in [0.2, 0.25) is 12.1 Å². The van der Waals surface area contributed by atoms with Gasteiger partial charge in [0.05, 0.1) is 6.61 Å². The van der Waals surface area contributed by atoms with Crippen molar-refractivity contribution in [1.82, 2.24) is 4.90 Å². The summed E-state index contributed by atoms with van der Waals surface area (Å²) in [5, 5.41) is 0. The third kappa shape index (κ3) is 6.52. The second kappa shape index (κ2) is 10.0. The lowest BCUT2D eigenvalue weighted by molar-refractivity contribution is 0.109. The van der Waals surface area contributed by atoms with Gasteiger partial charge in [-0.05, 0) is 19.1 Å². The number of hydrogen-bond acceptors (Lipinski definition) is 4. The van der Waals surface area contributed by atoms with Gasteiger partial charge in [0, 0.05) is 33.4 Å². The molecule has 0 aromatic carbocycles. The van der Waals surface area contributed by atoms with Gasteiger partial charge in [-0.1, -0.05) is 20.8 Å². The predicted octanol–water partition coefficient (Wildman–Crippen LogP) is 2.10. The fourth-order valence-electron chi connectivity index (χ4n) is 1.82. The first-order valence-electron chi connectivity index (χ1n) is 6.58. The van der Waals surface area contributed by atoms with E-state index in [1.165, 1.54) is 0 Å². The molecule has 0 saturated heterocycles. The van der Waals surface area contributed by atoms with Crippen molar-refractivity contribution < 1.29 is 13.6 Å². The first kappa shape index (κ1) is 17.1. The van der Waals surface area contributed by atoms with Crippen LogP contribution in [0, 0.1) is 0 Å². The number of likely N-dealkylation sites (N-methyl/N-ethyl adjacent to an activating group) is 1. The fraction of sp³-hybridized carbons (Fsp3) is 1.00. The van der Waals surface area contributed by atoms with Crippen LogP contribution in [0.5, 0.6) is 0 Å². The minimum atomic E-state index is -1.95. The van der Waals surface area contributed by atoms with Gasteiger partial charge in [-0.3, -0.25) is 0 Å². The summed E-state index contributed by atoms with van der Waals surface area (Å²) in [5.41, 5.74) is 0. The maximum Gasteiger partial charge on any atom is 0.339 e. The van der Waals surface area contributed by atoms with Crippen LogP contribution in [0.4, 0.5) is 0 Å². The second-order valence-electron chi connectivity index (χ2n) is 4.06. The summed E-state index contributed by atoms with van der Waals surface area (Å²) >= 11 is 0. The van der Waals surface area contributed by atoms with Crippen molar-refractivity contribution in [2.45, 2.75) is 32.9 Å². The van der Waals surface area contributed by atoms with E-state index in [2.05, 4.69) is 25.7 Å². The monoisotopic (exact) mass is 263 g/mol. The van der Waals surface area contributed by atoms with E-state index in [4.69, 9.17) is 13.6 Å². The molecule has 0 aromatic rings. The molecule has 0 bridgehead atoms. The van der Waals surface area contributed by atoms with E-state index in [9.17, 15) is 0 Å². The highest BCUT2D eigenvalue weighted by Gasteiger charge is 2.32. The molecule has 0 N–H and O–H groups in total. The zero-order chi connectivity index (χ0) is 13.1. The third-order valence-electron chi connectivity index (χ3n) is 3.36. The van der Waals surface area contributed by atoms with Crippen molar-refractivity contribution in [3.8, 4) is 0 Å². The molecule has 0 unspecified atom stereocenters. The Hall–Kier alpha value is 0.0569. The van der Waals surface area contributed by atoms with Crippen LogP contribution in [-0.2, 0) is 13.6 Å². The topological polar surface area (TPSA) is 30.9 Å². The molecule has 17 heavy (non-hydrogen) atoms. The Bertz CT molecular complexity index is 165. The van der Waals surface area contributed by atoms with Crippen molar-refractivity contribution in [2.24, 2.45) is 0 Å². The number of rotatable bonds is 11. The predicted molar refractivity (Wildman–Crippen MR) is 73.7 cm³/mol. The summed E-state index contributed by atoms with van der Waals surface area (Å²) in [6.07, 6.45) is 0. The first-order valence-corrected chi connectivity index (χ1v) is 8.81. The molecule has 0 amide bonds. The molecule has 0 radical (unpaired) electrons. The van der Waals surface area contributed by atoms with Gasteiger partial charge in [0.25, 0.3) is 0 Å². The van der Waals surface area contributed by atoms with Crippen LogP contribution in [-0.4, -0.2) is 60.5 Å². The number of hydrogen-bond donors (Lipinski definition) is 0. The van der Waals surface area contributed by atoms with Crippen molar-refractivity contribution >= 4 is 8.56 Å². The molecule has 0 aromatic heterocycles. The summed E-state index contributed by atoms with van der Waals surface area (Å²) in [6, 6.07) is 1.88. The van der Waals surface area contributed by atoms with Gasteiger partial charge >= 0.3 is 8.56 Å². The summed E-state index contributed by atoms with van der Waals surface area (Å²) in [6.45, 7) is 11.2. The second-order valence-corrected chi connectivity index (χ2v) is 7.91. The summed E-state index contributed by atoms with van der Waals surface area (Å²) < 4.78 is 16.7. The average Bonchev–Trinajstić information content (AvgIpc) is 2.39. The van der Waals surface area contributed by atoms with Crippen LogP contribution < -0.4 is 0 Å². The average molecular weight is 263 g/mol. The van der Waals surface area contributed by atoms with E-state index in [-0.39, 0.29) is 0 Å². The highest BCUT2D eigenvalue weighted by atomic mass is 28.4. The number of ether oxygens (including phenoxy) is 1. The van der Waals surface area contributed by atoms with Gasteiger partial charge in [0.15, 0.2) is 0 Å². The minimum absolute atomic E-state index is 0.739. The van der Waals surface area contributed by atoms with E-state index in [0.29, 0.717) is 0 Å². The van der Waals surface area contributed by atoms with E-state index < -0.39 is 8.56 Å². The molecule has 0 fully saturated rings. The molecule has 104 valence electrons. The van der Waals surface area contributed by atoms with Gasteiger partial charge in [-0.15, -0.1) is 0 Å². The molecule has 0 aliphatic heterocycles. The van der Waals surface area contributed by atoms with Crippen LogP contribution in [0.25, 0.3) is 0 Å². The fourth-order valence-corrected chi connectivity index (χ4v) is 3.78. The highest BCUT2D eigenvalue weighted by Crippen LogP contribution is 2.16. The molecular formula is C12H29NO3Si. The van der Waals surface area contributed by atoms with Crippen molar-refractivity contribution in [1.29, 1.82) is 0 Å². The van der Waals surface area contributed by atoms with Crippen molar-refractivity contribution in [3.05, 3.63) is 0 Å². The maximum atomic E-state index is 5.66. The summed E-state index contributed by atoms with van der Waals surface area (Å²) in [7, 11) is 1.54. The molecule has 0 rings (SSSR count). The molecule has 0 spiro atoms. The third-order valence-corrected chi connectivity index (χ3v) is 6.89. The van der Waals surface area contributed by atoms with Gasteiger partial charge in [0.2, 0.25) is 0 Å². The zero-order valence-corrected chi connectivity index (χ0v) is 13.1. The van der Waals surface area contributed by atoms with Gasteiger partial charge in [-0.25, -0.2) is 0 Å². The Morgan fingerprint density at radius 3 is 1.94 bits per heavy atom. The van der Waals surface area contributed by atoms with Gasteiger partial charge in [0.1, 0.15) is 0 Å². The molecule has 0 heterocycles. The molecule has 0 aliphatic carbocycles.